The van der Waals surface area contributed by atoms with Gasteiger partial charge in [0.05, 0.1) is 21.7 Å². The first-order chi connectivity index (χ1) is 25.3. The molecular weight excluding hydrogens is 639 g/mol. The molecule has 4 heterocycles. The van der Waals surface area contributed by atoms with E-state index in [1.54, 1.807) is 0 Å². The van der Waals surface area contributed by atoms with Crippen molar-refractivity contribution in [3.8, 4) is 28.3 Å². The zero-order valence-electron chi connectivity index (χ0n) is 27.5. The Labute approximate surface area is 294 Å². The summed E-state index contributed by atoms with van der Waals surface area (Å²) in [6.45, 7) is 0. The highest BCUT2D eigenvalue weighted by molar-refractivity contribution is 7.21. The van der Waals surface area contributed by atoms with Crippen LogP contribution >= 0.6 is 0 Å². The molecule has 7 aromatic carbocycles. The molecule has 0 saturated heterocycles. The number of para-hydroxylation sites is 2. The van der Waals surface area contributed by atoms with Crippen molar-refractivity contribution in [3.63, 3.8) is 0 Å². The summed E-state index contributed by atoms with van der Waals surface area (Å²) in [4.78, 5) is 11.3. The van der Waals surface area contributed by atoms with Gasteiger partial charge in [-0.05, 0) is 45.4 Å². The van der Waals surface area contributed by atoms with E-state index in [0.29, 0.717) is 0 Å². The molecule has 0 bridgehead atoms. The molecule has 0 N–H and O–H groups in total. The van der Waals surface area contributed by atoms with E-state index in [9.17, 15) is 0 Å². The fraction of sp³-hybridized carbons (Fsp3) is 0. The van der Waals surface area contributed by atoms with E-state index in [0.717, 1.165) is 61.1 Å². The zero-order chi connectivity index (χ0) is 33.5. The Morgan fingerprint density at radius 3 is 1.88 bits per heavy atom. The molecule has 10 aromatic rings. The minimum Gasteiger partial charge on any atom is -0.456 e. The lowest BCUT2D eigenvalue weighted by molar-refractivity contribution is 0.669. The molecule has 1 aliphatic rings. The molecule has 0 saturated carbocycles. The molecule has 0 amide bonds. The summed E-state index contributed by atoms with van der Waals surface area (Å²) in [7, 11) is -2.94. The number of hydrogen-bond donors (Lipinski definition) is 0. The highest BCUT2D eigenvalue weighted by Crippen LogP contribution is 2.43. The summed E-state index contributed by atoms with van der Waals surface area (Å²) in [5.41, 5.74) is 7.20. The molecule has 1 aliphatic heterocycles. The lowest BCUT2D eigenvalue weighted by Gasteiger charge is -2.30. The Kier molecular flexibility index (Phi) is 5.95. The third kappa shape index (κ3) is 3.84. The maximum Gasteiger partial charge on any atom is 0.203 e. The number of nitrogens with zero attached hydrogens (tertiary/aromatic N) is 3. The molecule has 0 fully saturated rings. The van der Waals surface area contributed by atoms with E-state index in [2.05, 4.69) is 168 Å². The maximum absolute atomic E-state index is 6.50. The standard InChI is InChI=1S/C46H29N3OSi/c1-4-16-30(17-5-1)44-47-45(49-37-25-13-10-22-33(37)34-28-29-39-41(43(34)49)35-23-11-14-26-38(35)50-39)42-36-24-12-15-27-40(36)51(46(42)48-44,31-18-6-2-7-19-31)32-20-8-3-9-21-32/h1-29H. The number of hydrogen-bond acceptors (Lipinski definition) is 3. The van der Waals surface area contributed by atoms with E-state index < -0.39 is 8.07 Å². The Morgan fingerprint density at radius 1 is 0.490 bits per heavy atom. The van der Waals surface area contributed by atoms with Gasteiger partial charge >= 0.3 is 0 Å². The van der Waals surface area contributed by atoms with E-state index in [1.165, 1.54) is 31.9 Å². The maximum atomic E-state index is 6.50. The van der Waals surface area contributed by atoms with Gasteiger partial charge < -0.3 is 4.42 Å². The lowest BCUT2D eigenvalue weighted by Crippen LogP contribution is -2.73. The first-order valence-corrected chi connectivity index (χ1v) is 19.3. The van der Waals surface area contributed by atoms with E-state index in [4.69, 9.17) is 14.4 Å². The minimum atomic E-state index is -2.94. The fourth-order valence-electron chi connectivity index (χ4n) is 8.61. The Morgan fingerprint density at radius 2 is 1.12 bits per heavy atom. The smallest absolute Gasteiger partial charge is 0.203 e. The van der Waals surface area contributed by atoms with Crippen molar-refractivity contribution < 1.29 is 4.42 Å². The second-order valence-electron chi connectivity index (χ2n) is 13.3. The number of aromatic nitrogens is 3. The Bertz CT molecular complexity index is 2930. The molecule has 4 nitrogen and oxygen atoms in total. The third-order valence-electron chi connectivity index (χ3n) is 10.7. The fourth-order valence-corrected chi connectivity index (χ4v) is 13.6. The molecule has 0 atom stereocenters. The van der Waals surface area contributed by atoms with Crippen molar-refractivity contribution in [2.24, 2.45) is 0 Å². The number of furan rings is 1. The molecule has 238 valence electrons. The molecular formula is C46H29N3OSi. The van der Waals surface area contributed by atoms with Crippen LogP contribution in [0.2, 0.25) is 0 Å². The van der Waals surface area contributed by atoms with E-state index >= 15 is 0 Å². The van der Waals surface area contributed by atoms with Crippen LogP contribution < -0.4 is 20.9 Å². The second-order valence-corrected chi connectivity index (χ2v) is 16.9. The quantitative estimate of drug-likeness (QED) is 0.177. The van der Waals surface area contributed by atoms with E-state index in [1.807, 2.05) is 12.1 Å². The summed E-state index contributed by atoms with van der Waals surface area (Å²) >= 11 is 0. The van der Waals surface area contributed by atoms with Crippen LogP contribution in [0.25, 0.3) is 72.1 Å². The highest BCUT2D eigenvalue weighted by Gasteiger charge is 2.52. The summed E-state index contributed by atoms with van der Waals surface area (Å²) in [6, 6.07) is 62.9. The molecule has 0 radical (unpaired) electrons. The normalized spacial score (nSPS) is 13.3. The van der Waals surface area contributed by atoms with Crippen LogP contribution in [0, 0.1) is 0 Å². The van der Waals surface area contributed by atoms with Crippen LogP contribution in [-0.2, 0) is 0 Å². The van der Waals surface area contributed by atoms with Gasteiger partial charge in [0.15, 0.2) is 5.82 Å². The van der Waals surface area contributed by atoms with E-state index in [-0.39, 0.29) is 0 Å². The van der Waals surface area contributed by atoms with Crippen molar-refractivity contribution in [2.45, 2.75) is 0 Å². The SMILES string of the molecule is c1ccc(-c2nc(-n3c4ccccc4c4ccc5oc6ccccc6c5c43)c3c(n2)[Si](c2ccccc2)(c2ccccc2)c2ccccc2-3)cc1. The van der Waals surface area contributed by atoms with Crippen molar-refractivity contribution in [1.29, 1.82) is 0 Å². The van der Waals surface area contributed by atoms with Crippen molar-refractivity contribution in [2.75, 3.05) is 0 Å². The third-order valence-corrected chi connectivity index (χ3v) is 15.4. The van der Waals surface area contributed by atoms with Crippen LogP contribution in [0.3, 0.4) is 0 Å². The molecule has 0 aliphatic carbocycles. The monoisotopic (exact) mass is 667 g/mol. The van der Waals surface area contributed by atoms with Gasteiger partial charge in [-0.25, -0.2) is 9.97 Å². The summed E-state index contributed by atoms with van der Waals surface area (Å²) in [5, 5.41) is 9.57. The van der Waals surface area contributed by atoms with Crippen LogP contribution in [0.4, 0.5) is 0 Å². The lowest BCUT2D eigenvalue weighted by atomic mass is 10.1. The first-order valence-electron chi connectivity index (χ1n) is 17.3. The Balaban J connectivity index is 1.39. The summed E-state index contributed by atoms with van der Waals surface area (Å²) in [6.07, 6.45) is 0. The Hall–Kier alpha value is -6.56. The number of fused-ring (bicyclic) bond motifs is 10. The van der Waals surface area contributed by atoms with Crippen LogP contribution in [0.1, 0.15) is 0 Å². The number of benzene rings is 7. The zero-order valence-corrected chi connectivity index (χ0v) is 28.5. The van der Waals surface area contributed by atoms with Gasteiger partial charge in [-0.3, -0.25) is 4.57 Å². The summed E-state index contributed by atoms with van der Waals surface area (Å²) < 4.78 is 8.90. The minimum absolute atomic E-state index is 0.719. The van der Waals surface area contributed by atoms with Gasteiger partial charge in [-0.2, -0.15) is 0 Å². The summed E-state index contributed by atoms with van der Waals surface area (Å²) in [5.74, 6) is 1.60. The molecule has 3 aromatic heterocycles. The molecule has 5 heteroatoms. The topological polar surface area (TPSA) is 43.9 Å². The predicted molar refractivity (Wildman–Crippen MR) is 212 cm³/mol. The van der Waals surface area contributed by atoms with Gasteiger partial charge in [0.1, 0.15) is 17.0 Å². The van der Waals surface area contributed by atoms with Gasteiger partial charge in [0.2, 0.25) is 8.07 Å². The van der Waals surface area contributed by atoms with Crippen molar-refractivity contribution in [1.82, 2.24) is 14.5 Å². The predicted octanol–water partition coefficient (Wildman–Crippen LogP) is 8.50. The first kappa shape index (κ1) is 28.3. The van der Waals surface area contributed by atoms with Gasteiger partial charge in [-0.15, -0.1) is 0 Å². The van der Waals surface area contributed by atoms with Gasteiger partial charge in [0, 0.05) is 27.3 Å². The number of rotatable bonds is 4. The molecule has 51 heavy (non-hydrogen) atoms. The second kappa shape index (κ2) is 10.7. The highest BCUT2D eigenvalue weighted by atomic mass is 28.3. The largest absolute Gasteiger partial charge is 0.456 e. The van der Waals surface area contributed by atoms with Crippen LogP contribution in [0.5, 0.6) is 0 Å². The van der Waals surface area contributed by atoms with Crippen LogP contribution in [0.15, 0.2) is 180 Å². The average molecular weight is 668 g/mol. The average Bonchev–Trinajstić information content (AvgIpc) is 3.85. The van der Waals surface area contributed by atoms with Gasteiger partial charge in [0.25, 0.3) is 0 Å². The molecule has 0 unspecified atom stereocenters. The molecule has 0 spiro atoms. The van der Waals surface area contributed by atoms with Crippen molar-refractivity contribution in [3.05, 3.63) is 176 Å². The molecule has 11 rings (SSSR count). The van der Waals surface area contributed by atoms with Gasteiger partial charge in [-0.1, -0.05) is 152 Å². The van der Waals surface area contributed by atoms with Crippen LogP contribution in [-0.4, -0.2) is 22.6 Å². The van der Waals surface area contributed by atoms with Crippen molar-refractivity contribution >= 4 is 72.7 Å².